The number of hydrogen-bond donors (Lipinski definition) is 2. The molecule has 3 rings (SSSR count). The van der Waals surface area contributed by atoms with Crippen molar-refractivity contribution < 1.29 is 34.1 Å². The van der Waals surface area contributed by atoms with Crippen LogP contribution in [-0.4, -0.2) is 42.3 Å². The first-order valence-corrected chi connectivity index (χ1v) is 8.55. The Hall–Kier alpha value is -3.71. The van der Waals surface area contributed by atoms with E-state index in [0.717, 1.165) is 28.7 Å². The molecule has 0 amide bonds. The summed E-state index contributed by atoms with van der Waals surface area (Å²) in [5.41, 5.74) is 0.900. The first kappa shape index (κ1) is 21.6. The third kappa shape index (κ3) is 5.40. The zero-order chi connectivity index (χ0) is 21.4. The van der Waals surface area contributed by atoms with E-state index in [4.69, 9.17) is 14.9 Å². The van der Waals surface area contributed by atoms with Crippen LogP contribution in [0.2, 0.25) is 0 Å². The highest BCUT2D eigenvalue weighted by Crippen LogP contribution is 2.26. The maximum absolute atomic E-state index is 11.0. The number of ether oxygens (including phenoxy) is 2. The Balaban J connectivity index is 0.000000218. The van der Waals surface area contributed by atoms with E-state index >= 15 is 0 Å². The average molecular weight is 396 g/mol. The van der Waals surface area contributed by atoms with Crippen LogP contribution in [0.3, 0.4) is 0 Å². The Morgan fingerprint density at radius 3 is 2.31 bits per heavy atom. The van der Waals surface area contributed by atoms with Crippen molar-refractivity contribution in [3.8, 4) is 5.75 Å². The summed E-state index contributed by atoms with van der Waals surface area (Å²) in [7, 11) is 1.40. The number of rotatable bonds is 6. The first-order valence-electron chi connectivity index (χ1n) is 8.55. The molecule has 0 atom stereocenters. The lowest BCUT2D eigenvalue weighted by Gasteiger charge is -2.12. The predicted octanol–water partition coefficient (Wildman–Crippen LogP) is 4.03. The van der Waals surface area contributed by atoms with Crippen LogP contribution in [0, 0.1) is 6.92 Å². The zero-order valence-electron chi connectivity index (χ0n) is 15.9. The van der Waals surface area contributed by atoms with E-state index in [2.05, 4.69) is 4.74 Å². The molecular formula is C22H20O7. The minimum absolute atomic E-state index is 0.0929. The van der Waals surface area contributed by atoms with E-state index in [-0.39, 0.29) is 23.7 Å². The van der Waals surface area contributed by atoms with Crippen molar-refractivity contribution in [3.63, 3.8) is 0 Å². The molecule has 0 aliphatic carbocycles. The van der Waals surface area contributed by atoms with Gasteiger partial charge in [0.1, 0.15) is 11.3 Å². The molecule has 0 fully saturated rings. The number of aryl methyl sites for hydroxylation is 1. The van der Waals surface area contributed by atoms with Gasteiger partial charge in [-0.3, -0.25) is 4.79 Å². The molecule has 2 N–H and O–H groups in total. The second-order valence-electron chi connectivity index (χ2n) is 6.02. The molecule has 29 heavy (non-hydrogen) atoms. The minimum Gasteiger partial charge on any atom is -0.478 e. The van der Waals surface area contributed by atoms with Crippen molar-refractivity contribution in [2.75, 3.05) is 13.9 Å². The van der Waals surface area contributed by atoms with Gasteiger partial charge in [-0.15, -0.1) is 0 Å². The van der Waals surface area contributed by atoms with Crippen LogP contribution >= 0.6 is 0 Å². The van der Waals surface area contributed by atoms with Crippen LogP contribution in [0.4, 0.5) is 0 Å². The number of hydrogen-bond acceptors (Lipinski definition) is 5. The number of carbonyl (C=O) groups excluding carboxylic acids is 1. The SMILES string of the molecule is COCOc1c(C)cc(C(=O)O)cc1C(=O)O.O=Cc1cccc2ccccc12. The summed E-state index contributed by atoms with van der Waals surface area (Å²) in [5, 5.41) is 19.9. The second-order valence-corrected chi connectivity index (χ2v) is 6.02. The molecule has 7 nitrogen and oxygen atoms in total. The topological polar surface area (TPSA) is 110 Å². The average Bonchev–Trinajstić information content (AvgIpc) is 2.72. The van der Waals surface area contributed by atoms with Crippen LogP contribution < -0.4 is 4.74 Å². The lowest BCUT2D eigenvalue weighted by Crippen LogP contribution is -2.09. The lowest BCUT2D eigenvalue weighted by molar-refractivity contribution is 0.0478. The molecule has 0 aliphatic heterocycles. The fraction of sp³-hybridized carbons (Fsp3) is 0.136. The monoisotopic (exact) mass is 396 g/mol. The maximum Gasteiger partial charge on any atom is 0.339 e. The largest absolute Gasteiger partial charge is 0.478 e. The third-order valence-electron chi connectivity index (χ3n) is 4.02. The molecule has 0 saturated carbocycles. The van der Waals surface area contributed by atoms with Crippen molar-refractivity contribution in [3.05, 3.63) is 76.9 Å². The Labute approximate surface area is 167 Å². The summed E-state index contributed by atoms with van der Waals surface area (Å²) in [6.45, 7) is 1.47. The fourth-order valence-corrected chi connectivity index (χ4v) is 2.72. The van der Waals surface area contributed by atoms with Crippen LogP contribution in [0.5, 0.6) is 5.75 Å². The van der Waals surface area contributed by atoms with Crippen molar-refractivity contribution >= 4 is 29.0 Å². The third-order valence-corrected chi connectivity index (χ3v) is 4.02. The lowest BCUT2D eigenvalue weighted by atomic mass is 10.0. The van der Waals surface area contributed by atoms with Crippen LogP contribution in [0.1, 0.15) is 36.6 Å². The molecule has 0 aromatic heterocycles. The van der Waals surface area contributed by atoms with Gasteiger partial charge in [-0.05, 0) is 35.4 Å². The highest BCUT2D eigenvalue weighted by Gasteiger charge is 2.18. The number of carboxylic acids is 2. The van der Waals surface area contributed by atoms with Crippen LogP contribution in [0.15, 0.2) is 54.6 Å². The van der Waals surface area contributed by atoms with E-state index in [0.29, 0.717) is 5.56 Å². The van der Waals surface area contributed by atoms with Gasteiger partial charge in [0.05, 0.1) is 5.56 Å². The van der Waals surface area contributed by atoms with Gasteiger partial charge in [0.25, 0.3) is 0 Å². The molecule has 3 aromatic carbocycles. The Bertz CT molecular complexity index is 1040. The van der Waals surface area contributed by atoms with Crippen molar-refractivity contribution in [1.29, 1.82) is 0 Å². The Morgan fingerprint density at radius 1 is 1.00 bits per heavy atom. The van der Waals surface area contributed by atoms with E-state index in [9.17, 15) is 14.4 Å². The van der Waals surface area contributed by atoms with Gasteiger partial charge in [-0.25, -0.2) is 9.59 Å². The summed E-state index contributed by atoms with van der Waals surface area (Å²) in [4.78, 5) is 32.4. The zero-order valence-corrected chi connectivity index (χ0v) is 15.9. The van der Waals surface area contributed by atoms with Gasteiger partial charge < -0.3 is 19.7 Å². The maximum atomic E-state index is 11.0. The molecule has 0 spiro atoms. The number of aldehydes is 1. The first-order chi connectivity index (χ1) is 13.9. The summed E-state index contributed by atoms with van der Waals surface area (Å²) in [6, 6.07) is 16.0. The van der Waals surface area contributed by atoms with Crippen molar-refractivity contribution in [2.45, 2.75) is 6.92 Å². The number of carboxylic acid groups (broad SMARTS) is 2. The molecule has 0 aliphatic rings. The number of fused-ring (bicyclic) bond motifs is 1. The molecular weight excluding hydrogens is 376 g/mol. The van der Waals surface area contributed by atoms with Gasteiger partial charge in [0.2, 0.25) is 0 Å². The highest BCUT2D eigenvalue weighted by atomic mass is 16.7. The highest BCUT2D eigenvalue weighted by molar-refractivity contribution is 5.98. The predicted molar refractivity (Wildman–Crippen MR) is 107 cm³/mol. The van der Waals surface area contributed by atoms with Gasteiger partial charge >= 0.3 is 11.9 Å². The van der Waals surface area contributed by atoms with E-state index < -0.39 is 11.9 Å². The minimum atomic E-state index is -1.25. The van der Waals surface area contributed by atoms with E-state index in [1.807, 2.05) is 42.5 Å². The molecule has 150 valence electrons. The van der Waals surface area contributed by atoms with Gasteiger partial charge in [-0.2, -0.15) is 0 Å². The number of benzene rings is 3. The fourth-order valence-electron chi connectivity index (χ4n) is 2.72. The van der Waals surface area contributed by atoms with Gasteiger partial charge in [-0.1, -0.05) is 42.5 Å². The van der Waals surface area contributed by atoms with Gasteiger partial charge in [0, 0.05) is 12.7 Å². The van der Waals surface area contributed by atoms with E-state index in [1.165, 1.54) is 13.2 Å². The quantitative estimate of drug-likeness (QED) is 0.478. The number of methoxy groups -OCH3 is 1. The Kier molecular flexibility index (Phi) is 7.45. The number of aromatic carboxylic acids is 2. The normalized spacial score (nSPS) is 10.0. The van der Waals surface area contributed by atoms with Gasteiger partial charge in [0.15, 0.2) is 13.1 Å². The smallest absolute Gasteiger partial charge is 0.339 e. The summed E-state index contributed by atoms with van der Waals surface area (Å²) in [5.74, 6) is -2.32. The molecule has 0 unspecified atom stereocenters. The summed E-state index contributed by atoms with van der Waals surface area (Å²) >= 11 is 0. The van der Waals surface area contributed by atoms with Crippen LogP contribution in [-0.2, 0) is 4.74 Å². The number of carbonyl (C=O) groups is 3. The second kappa shape index (κ2) is 10.0. The molecule has 0 saturated heterocycles. The molecule has 3 aromatic rings. The van der Waals surface area contributed by atoms with Crippen molar-refractivity contribution in [2.24, 2.45) is 0 Å². The van der Waals surface area contributed by atoms with Crippen molar-refractivity contribution in [1.82, 2.24) is 0 Å². The van der Waals surface area contributed by atoms with E-state index in [1.54, 1.807) is 6.92 Å². The summed E-state index contributed by atoms with van der Waals surface area (Å²) < 4.78 is 9.80. The molecule has 7 heteroatoms. The molecule has 0 radical (unpaired) electrons. The Morgan fingerprint density at radius 2 is 1.69 bits per heavy atom. The molecule has 0 bridgehead atoms. The standard InChI is InChI=1S/C11H12O6.C11H8O/c1-6-3-7(10(12)13)4-8(11(14)15)9(6)17-5-16-2;12-8-10-6-3-5-9-4-1-2-7-11(9)10/h3-4H,5H2,1-2H3,(H,12,13)(H,14,15);1-8H. The summed E-state index contributed by atoms with van der Waals surface area (Å²) in [6.07, 6.45) is 0.891. The van der Waals surface area contributed by atoms with Crippen LogP contribution in [0.25, 0.3) is 10.8 Å². The molecule has 0 heterocycles.